The quantitative estimate of drug-likeness (QED) is 0.829. The number of fused-ring (bicyclic) bond motifs is 1. The number of halogens is 1. The van der Waals surface area contributed by atoms with Crippen LogP contribution in [0.3, 0.4) is 0 Å². The first-order valence-corrected chi connectivity index (χ1v) is 8.87. The van der Waals surface area contributed by atoms with Crippen molar-refractivity contribution in [3.8, 4) is 5.75 Å². The minimum absolute atomic E-state index is 0.0109. The van der Waals surface area contributed by atoms with Crippen LogP contribution in [-0.2, 0) is 25.0 Å². The molecule has 1 amide bonds. The van der Waals surface area contributed by atoms with Gasteiger partial charge in [0.15, 0.2) is 6.10 Å². The summed E-state index contributed by atoms with van der Waals surface area (Å²) >= 11 is 0. The van der Waals surface area contributed by atoms with Gasteiger partial charge in [0, 0.05) is 23.7 Å². The van der Waals surface area contributed by atoms with Crippen LogP contribution in [0.4, 0.5) is 0 Å². The zero-order valence-electron chi connectivity index (χ0n) is 11.0. The average molecular weight is 332 g/mol. The summed E-state index contributed by atoms with van der Waals surface area (Å²) in [6.45, 7) is 1.16. The fraction of sp³-hybridized carbons (Fsp3) is 0.462. The molecule has 2 atom stereocenters. The van der Waals surface area contributed by atoms with Gasteiger partial charge in [0.1, 0.15) is 5.75 Å². The maximum Gasteiger partial charge on any atom is 0.261 e. The Morgan fingerprint density at radius 1 is 1.38 bits per heavy atom. The van der Waals surface area contributed by atoms with Crippen LogP contribution >= 0.6 is 10.7 Å². The van der Waals surface area contributed by atoms with Crippen LogP contribution in [0, 0.1) is 0 Å². The summed E-state index contributed by atoms with van der Waals surface area (Å²) in [6.07, 6.45) is 0.476. The van der Waals surface area contributed by atoms with Crippen molar-refractivity contribution < 1.29 is 22.7 Å². The van der Waals surface area contributed by atoms with E-state index in [0.29, 0.717) is 30.9 Å². The monoisotopic (exact) mass is 331 g/mol. The largest absolute Gasteiger partial charge is 0.480 e. The molecular formula is C13H14ClNO5S. The molecule has 2 aliphatic rings. The van der Waals surface area contributed by atoms with Gasteiger partial charge in [-0.15, -0.1) is 0 Å². The summed E-state index contributed by atoms with van der Waals surface area (Å²) in [6, 6.07) is 4.36. The Morgan fingerprint density at radius 3 is 2.86 bits per heavy atom. The summed E-state index contributed by atoms with van der Waals surface area (Å²) in [5.41, 5.74) is 0.666. The number of rotatable bonds is 3. The van der Waals surface area contributed by atoms with Gasteiger partial charge in [0.25, 0.3) is 15.0 Å². The highest BCUT2D eigenvalue weighted by Crippen LogP contribution is 2.32. The van der Waals surface area contributed by atoms with Crippen molar-refractivity contribution in [2.45, 2.75) is 29.9 Å². The summed E-state index contributed by atoms with van der Waals surface area (Å²) in [4.78, 5) is 12.1. The highest BCUT2D eigenvalue weighted by Gasteiger charge is 2.32. The van der Waals surface area contributed by atoms with Crippen molar-refractivity contribution in [2.24, 2.45) is 0 Å². The van der Waals surface area contributed by atoms with Gasteiger partial charge in [-0.1, -0.05) is 0 Å². The summed E-state index contributed by atoms with van der Waals surface area (Å²) in [7, 11) is 1.53. The Hall–Kier alpha value is -1.31. The lowest BCUT2D eigenvalue weighted by Crippen LogP contribution is -2.43. The van der Waals surface area contributed by atoms with Crippen LogP contribution in [0.1, 0.15) is 12.0 Å². The Balaban J connectivity index is 1.70. The topological polar surface area (TPSA) is 81.7 Å². The molecule has 114 valence electrons. The van der Waals surface area contributed by atoms with Gasteiger partial charge in [0.05, 0.1) is 17.5 Å². The number of benzene rings is 1. The maximum atomic E-state index is 12.1. The molecule has 2 unspecified atom stereocenters. The van der Waals surface area contributed by atoms with Crippen molar-refractivity contribution in [2.75, 3.05) is 13.2 Å². The van der Waals surface area contributed by atoms with E-state index in [1.807, 2.05) is 0 Å². The van der Waals surface area contributed by atoms with E-state index in [1.54, 1.807) is 0 Å². The van der Waals surface area contributed by atoms with Gasteiger partial charge < -0.3 is 14.8 Å². The predicted molar refractivity (Wildman–Crippen MR) is 75.0 cm³/mol. The number of hydrogen-bond acceptors (Lipinski definition) is 5. The molecular weight excluding hydrogens is 318 g/mol. The van der Waals surface area contributed by atoms with Crippen molar-refractivity contribution in [1.29, 1.82) is 0 Å². The molecule has 0 radical (unpaired) electrons. The fourth-order valence-corrected chi connectivity index (χ4v) is 3.27. The van der Waals surface area contributed by atoms with Gasteiger partial charge in [-0.2, -0.15) is 0 Å². The molecule has 21 heavy (non-hydrogen) atoms. The molecule has 8 heteroatoms. The second-order valence-electron chi connectivity index (χ2n) is 5.09. The molecule has 3 rings (SSSR count). The molecule has 2 heterocycles. The molecule has 1 N–H and O–H groups in total. The van der Waals surface area contributed by atoms with Gasteiger partial charge >= 0.3 is 0 Å². The fourth-order valence-electron chi connectivity index (χ4n) is 2.47. The van der Waals surface area contributed by atoms with Crippen LogP contribution in [0.5, 0.6) is 5.75 Å². The van der Waals surface area contributed by atoms with Crippen LogP contribution in [-0.4, -0.2) is 39.7 Å². The van der Waals surface area contributed by atoms with Crippen LogP contribution < -0.4 is 10.1 Å². The number of ether oxygens (including phenoxy) is 2. The number of hydrogen-bond donors (Lipinski definition) is 1. The average Bonchev–Trinajstić information content (AvgIpc) is 3.04. The van der Waals surface area contributed by atoms with Crippen LogP contribution in [0.2, 0.25) is 0 Å². The molecule has 1 aromatic carbocycles. The third-order valence-corrected chi connectivity index (χ3v) is 4.91. The molecule has 0 bridgehead atoms. The Bertz CT molecular complexity index is 669. The zero-order chi connectivity index (χ0) is 15.0. The van der Waals surface area contributed by atoms with Gasteiger partial charge in [0.2, 0.25) is 0 Å². The Kier molecular flexibility index (Phi) is 3.81. The number of amides is 1. The van der Waals surface area contributed by atoms with Crippen LogP contribution in [0.25, 0.3) is 0 Å². The van der Waals surface area contributed by atoms with E-state index in [1.165, 1.54) is 18.2 Å². The van der Waals surface area contributed by atoms with E-state index < -0.39 is 15.2 Å². The standard InChI is InChI=1S/C13H14ClNO5S/c14-21(17,18)10-1-2-11-8(5-10)6-12(20-11)13(16)15-9-3-4-19-7-9/h1-2,5,9,12H,3-4,6-7H2,(H,15,16). The smallest absolute Gasteiger partial charge is 0.261 e. The number of nitrogens with one attached hydrogen (secondary N) is 1. The molecule has 0 aromatic heterocycles. The van der Waals surface area contributed by atoms with Gasteiger partial charge in [-0.25, -0.2) is 8.42 Å². The second kappa shape index (κ2) is 5.47. The van der Waals surface area contributed by atoms with Crippen LogP contribution in [0.15, 0.2) is 23.1 Å². The van der Waals surface area contributed by atoms with E-state index in [0.717, 1.165) is 6.42 Å². The molecule has 1 fully saturated rings. The lowest BCUT2D eigenvalue weighted by molar-refractivity contribution is -0.128. The molecule has 6 nitrogen and oxygen atoms in total. The zero-order valence-corrected chi connectivity index (χ0v) is 12.6. The lowest BCUT2D eigenvalue weighted by Gasteiger charge is -2.14. The minimum Gasteiger partial charge on any atom is -0.480 e. The van der Waals surface area contributed by atoms with E-state index in [4.69, 9.17) is 20.2 Å². The highest BCUT2D eigenvalue weighted by molar-refractivity contribution is 8.13. The normalized spacial score (nSPS) is 24.4. The Morgan fingerprint density at radius 2 is 2.19 bits per heavy atom. The molecule has 0 spiro atoms. The van der Waals surface area contributed by atoms with E-state index in [2.05, 4.69) is 5.32 Å². The SMILES string of the molecule is O=C(NC1CCOC1)C1Cc2cc(S(=O)(=O)Cl)ccc2O1. The highest BCUT2D eigenvalue weighted by atomic mass is 35.7. The number of carbonyl (C=O) groups is 1. The third kappa shape index (κ3) is 3.14. The van der Waals surface area contributed by atoms with Crippen molar-refractivity contribution in [3.63, 3.8) is 0 Å². The second-order valence-corrected chi connectivity index (χ2v) is 7.65. The molecule has 1 aromatic rings. The van der Waals surface area contributed by atoms with Crippen molar-refractivity contribution in [3.05, 3.63) is 23.8 Å². The third-order valence-electron chi connectivity index (χ3n) is 3.56. The first-order chi connectivity index (χ1) is 9.93. The van der Waals surface area contributed by atoms with Crippen molar-refractivity contribution in [1.82, 2.24) is 5.32 Å². The lowest BCUT2D eigenvalue weighted by atomic mass is 10.1. The van der Waals surface area contributed by atoms with Gasteiger partial charge in [-0.3, -0.25) is 4.79 Å². The number of carbonyl (C=O) groups excluding carboxylic acids is 1. The summed E-state index contributed by atoms with van der Waals surface area (Å²) in [5.74, 6) is 0.305. The first-order valence-electron chi connectivity index (χ1n) is 6.56. The van der Waals surface area contributed by atoms with Gasteiger partial charge in [-0.05, 0) is 30.2 Å². The maximum absolute atomic E-state index is 12.1. The van der Waals surface area contributed by atoms with E-state index in [9.17, 15) is 13.2 Å². The Labute approximate surface area is 126 Å². The minimum atomic E-state index is -3.78. The summed E-state index contributed by atoms with van der Waals surface area (Å²) in [5, 5.41) is 2.87. The molecule has 1 saturated heterocycles. The summed E-state index contributed by atoms with van der Waals surface area (Å²) < 4.78 is 33.4. The molecule has 0 aliphatic carbocycles. The van der Waals surface area contributed by atoms with E-state index in [-0.39, 0.29) is 16.8 Å². The first kappa shape index (κ1) is 14.6. The predicted octanol–water partition coefficient (Wildman–Crippen LogP) is 0.823. The van der Waals surface area contributed by atoms with Crippen molar-refractivity contribution >= 4 is 25.6 Å². The molecule has 0 saturated carbocycles. The molecule has 2 aliphatic heterocycles. The van der Waals surface area contributed by atoms with E-state index >= 15 is 0 Å².